The highest BCUT2D eigenvalue weighted by atomic mass is 16.2. The van der Waals surface area contributed by atoms with Gasteiger partial charge in [0, 0.05) is 12.2 Å². The molecular formula is C25H22N2O2. The van der Waals surface area contributed by atoms with E-state index in [2.05, 4.69) is 0 Å². The molecule has 0 saturated carbocycles. The first-order valence-electron chi connectivity index (χ1n) is 9.69. The van der Waals surface area contributed by atoms with E-state index in [-0.39, 0.29) is 11.8 Å². The summed E-state index contributed by atoms with van der Waals surface area (Å²) in [7, 11) is 0. The maximum atomic E-state index is 13.6. The molecule has 3 aromatic rings. The number of hydrogen-bond donors (Lipinski definition) is 0. The number of amides is 2. The Morgan fingerprint density at radius 3 is 2.07 bits per heavy atom. The molecule has 1 aliphatic rings. The van der Waals surface area contributed by atoms with E-state index in [1.165, 1.54) is 4.90 Å². The minimum absolute atomic E-state index is 0.295. The number of rotatable bonds is 5. The van der Waals surface area contributed by atoms with Crippen LogP contribution in [0.15, 0.2) is 90.6 Å². The highest BCUT2D eigenvalue weighted by Gasteiger charge is 2.42. The number of carbonyl (C=O) groups is 2. The first kappa shape index (κ1) is 18.7. The van der Waals surface area contributed by atoms with Gasteiger partial charge in [-0.1, -0.05) is 60.7 Å². The first-order chi connectivity index (χ1) is 14.1. The fraction of sp³-hybridized carbons (Fsp3) is 0.120. The predicted octanol–water partition coefficient (Wildman–Crippen LogP) is 4.81. The molecule has 4 rings (SSSR count). The molecule has 0 aliphatic carbocycles. The third-order valence-electron chi connectivity index (χ3n) is 5.04. The second-order valence-electron chi connectivity index (χ2n) is 6.95. The molecule has 0 bridgehead atoms. The molecule has 0 atom stereocenters. The Labute approximate surface area is 170 Å². The third-order valence-corrected chi connectivity index (χ3v) is 5.04. The van der Waals surface area contributed by atoms with Crippen LogP contribution in [0.2, 0.25) is 0 Å². The van der Waals surface area contributed by atoms with Gasteiger partial charge >= 0.3 is 0 Å². The molecule has 0 aromatic heterocycles. The van der Waals surface area contributed by atoms with Crippen molar-refractivity contribution in [2.45, 2.75) is 13.8 Å². The normalized spacial score (nSPS) is 13.9. The third kappa shape index (κ3) is 3.34. The quantitative estimate of drug-likeness (QED) is 0.595. The van der Waals surface area contributed by atoms with Crippen LogP contribution in [-0.2, 0) is 9.59 Å². The predicted molar refractivity (Wildman–Crippen MR) is 116 cm³/mol. The topological polar surface area (TPSA) is 40.6 Å². The summed E-state index contributed by atoms with van der Waals surface area (Å²) < 4.78 is 0. The second kappa shape index (κ2) is 7.76. The first-order valence-corrected chi connectivity index (χ1v) is 9.69. The molecule has 2 amide bonds. The van der Waals surface area contributed by atoms with Crippen molar-refractivity contribution >= 4 is 28.8 Å². The van der Waals surface area contributed by atoms with Gasteiger partial charge in [-0.25, -0.2) is 4.90 Å². The number of hydrogen-bond acceptors (Lipinski definition) is 3. The molecule has 0 unspecified atom stereocenters. The van der Waals surface area contributed by atoms with Crippen LogP contribution in [0, 0.1) is 6.92 Å². The van der Waals surface area contributed by atoms with E-state index in [1.54, 1.807) is 6.07 Å². The van der Waals surface area contributed by atoms with Crippen molar-refractivity contribution in [1.82, 2.24) is 0 Å². The largest absolute Gasteiger partial charge is 0.337 e. The number of anilines is 2. The molecule has 29 heavy (non-hydrogen) atoms. The summed E-state index contributed by atoms with van der Waals surface area (Å²) >= 11 is 0. The van der Waals surface area contributed by atoms with Gasteiger partial charge in [-0.2, -0.15) is 0 Å². The minimum Gasteiger partial charge on any atom is -0.337 e. The SMILES string of the molecule is CCN(C1=C(c2ccccc2)C(=O)N(c2cccc(C)c2)C1=O)c1ccccc1. The van der Waals surface area contributed by atoms with Crippen LogP contribution in [0.4, 0.5) is 11.4 Å². The van der Waals surface area contributed by atoms with Gasteiger partial charge in [-0.05, 0) is 49.2 Å². The Kier molecular flexibility index (Phi) is 5.00. The van der Waals surface area contributed by atoms with E-state index in [0.29, 0.717) is 23.5 Å². The lowest BCUT2D eigenvalue weighted by molar-refractivity contribution is -0.120. The van der Waals surface area contributed by atoms with Crippen LogP contribution >= 0.6 is 0 Å². The maximum absolute atomic E-state index is 13.6. The smallest absolute Gasteiger partial charge is 0.282 e. The lowest BCUT2D eigenvalue weighted by Crippen LogP contribution is -2.35. The van der Waals surface area contributed by atoms with Crippen molar-refractivity contribution in [3.8, 4) is 0 Å². The molecule has 0 N–H and O–H groups in total. The molecule has 0 radical (unpaired) electrons. The summed E-state index contributed by atoms with van der Waals surface area (Å²) in [6, 6.07) is 26.6. The van der Waals surface area contributed by atoms with Crippen LogP contribution in [0.3, 0.4) is 0 Å². The Hall–Kier alpha value is -3.66. The number of para-hydroxylation sites is 1. The summed E-state index contributed by atoms with van der Waals surface area (Å²) in [5.41, 5.74) is 4.05. The van der Waals surface area contributed by atoms with Crippen molar-refractivity contribution in [3.05, 3.63) is 102 Å². The number of nitrogens with zero attached hydrogens (tertiary/aromatic N) is 2. The zero-order chi connectivity index (χ0) is 20.4. The Bertz CT molecular complexity index is 1090. The number of carbonyl (C=O) groups excluding carboxylic acids is 2. The molecule has 0 spiro atoms. The summed E-state index contributed by atoms with van der Waals surface area (Å²) in [6.07, 6.45) is 0. The fourth-order valence-electron chi connectivity index (χ4n) is 3.71. The molecule has 1 aliphatic heterocycles. The summed E-state index contributed by atoms with van der Waals surface area (Å²) in [6.45, 7) is 4.50. The molecule has 0 fully saturated rings. The maximum Gasteiger partial charge on any atom is 0.282 e. The molecule has 4 heteroatoms. The van der Waals surface area contributed by atoms with Crippen molar-refractivity contribution in [2.75, 3.05) is 16.3 Å². The summed E-state index contributed by atoms with van der Waals surface area (Å²) in [5.74, 6) is -0.596. The average Bonchev–Trinajstić information content (AvgIpc) is 3.00. The average molecular weight is 382 g/mol. The van der Waals surface area contributed by atoms with Crippen LogP contribution in [-0.4, -0.2) is 18.4 Å². The summed E-state index contributed by atoms with van der Waals surface area (Å²) in [5, 5.41) is 0. The van der Waals surface area contributed by atoms with Gasteiger partial charge in [0.05, 0.1) is 11.3 Å². The number of imide groups is 1. The number of benzene rings is 3. The van der Waals surface area contributed by atoms with Crippen molar-refractivity contribution < 1.29 is 9.59 Å². The zero-order valence-corrected chi connectivity index (χ0v) is 16.5. The Morgan fingerprint density at radius 1 is 0.793 bits per heavy atom. The summed E-state index contributed by atoms with van der Waals surface area (Å²) in [4.78, 5) is 30.3. The van der Waals surface area contributed by atoms with Crippen LogP contribution in [0.25, 0.3) is 5.57 Å². The highest BCUT2D eigenvalue weighted by molar-refractivity contribution is 6.46. The second-order valence-corrected chi connectivity index (χ2v) is 6.95. The van der Waals surface area contributed by atoms with Gasteiger partial charge < -0.3 is 4.90 Å². The van der Waals surface area contributed by atoms with E-state index in [0.717, 1.165) is 16.8 Å². The minimum atomic E-state index is -0.301. The van der Waals surface area contributed by atoms with Crippen molar-refractivity contribution in [3.63, 3.8) is 0 Å². The van der Waals surface area contributed by atoms with Crippen molar-refractivity contribution in [1.29, 1.82) is 0 Å². The van der Waals surface area contributed by atoms with E-state index in [1.807, 2.05) is 97.6 Å². The molecular weight excluding hydrogens is 360 g/mol. The monoisotopic (exact) mass is 382 g/mol. The van der Waals surface area contributed by atoms with Crippen molar-refractivity contribution in [2.24, 2.45) is 0 Å². The van der Waals surface area contributed by atoms with E-state index >= 15 is 0 Å². The van der Waals surface area contributed by atoms with E-state index in [9.17, 15) is 9.59 Å². The van der Waals surface area contributed by atoms with E-state index < -0.39 is 0 Å². The molecule has 3 aromatic carbocycles. The van der Waals surface area contributed by atoms with Gasteiger partial charge in [0.2, 0.25) is 0 Å². The fourth-order valence-corrected chi connectivity index (χ4v) is 3.71. The number of likely N-dealkylation sites (N-methyl/N-ethyl adjacent to an activating group) is 1. The molecule has 144 valence electrons. The molecule has 1 heterocycles. The highest BCUT2D eigenvalue weighted by Crippen LogP contribution is 2.36. The lowest BCUT2D eigenvalue weighted by Gasteiger charge is -2.25. The Morgan fingerprint density at radius 2 is 1.45 bits per heavy atom. The van der Waals surface area contributed by atoms with Gasteiger partial charge in [0.25, 0.3) is 11.8 Å². The number of aryl methyl sites for hydroxylation is 1. The van der Waals surface area contributed by atoms with Crippen LogP contribution in [0.5, 0.6) is 0 Å². The molecule has 4 nitrogen and oxygen atoms in total. The van der Waals surface area contributed by atoms with E-state index in [4.69, 9.17) is 0 Å². The zero-order valence-electron chi connectivity index (χ0n) is 16.5. The molecule has 0 saturated heterocycles. The van der Waals surface area contributed by atoms with Gasteiger partial charge in [0.15, 0.2) is 0 Å². The van der Waals surface area contributed by atoms with Crippen LogP contribution in [0.1, 0.15) is 18.1 Å². The van der Waals surface area contributed by atoms with Gasteiger partial charge in [-0.15, -0.1) is 0 Å². The van der Waals surface area contributed by atoms with Gasteiger partial charge in [-0.3, -0.25) is 9.59 Å². The lowest BCUT2D eigenvalue weighted by atomic mass is 10.0. The van der Waals surface area contributed by atoms with Gasteiger partial charge in [0.1, 0.15) is 5.70 Å². The Balaban J connectivity index is 1.91. The standard InChI is InChI=1S/C25H22N2O2/c1-3-26(20-14-8-5-9-15-20)23-22(19-12-6-4-7-13-19)24(28)27(25(23)29)21-16-10-11-18(2)17-21/h4-17H,3H2,1-2H3. The van der Waals surface area contributed by atoms with Crippen LogP contribution < -0.4 is 9.80 Å².